The van der Waals surface area contributed by atoms with Gasteiger partial charge in [-0.05, 0) is 20.4 Å². The van der Waals surface area contributed by atoms with Gasteiger partial charge in [0.2, 0.25) is 5.91 Å². The van der Waals surface area contributed by atoms with Gasteiger partial charge in [0.05, 0.1) is 5.69 Å². The summed E-state index contributed by atoms with van der Waals surface area (Å²) < 4.78 is 0. The second kappa shape index (κ2) is 5.82. The lowest BCUT2D eigenvalue weighted by Gasteiger charge is -2.05. The standard InChI is InChI=1S/C10H17N3OS/c1-4-5-9(14)13-10-12-8(6-15-10)7(2)11-3/h6-7,11H,4-5H2,1-3H3,(H,12,13,14). The van der Waals surface area contributed by atoms with E-state index in [0.717, 1.165) is 12.1 Å². The van der Waals surface area contributed by atoms with E-state index in [2.05, 4.69) is 15.6 Å². The zero-order valence-electron chi connectivity index (χ0n) is 9.33. The number of nitrogens with zero attached hydrogens (tertiary/aromatic N) is 1. The fraction of sp³-hybridized carbons (Fsp3) is 0.600. The van der Waals surface area contributed by atoms with Gasteiger partial charge in [-0.15, -0.1) is 11.3 Å². The number of carbonyl (C=O) groups is 1. The summed E-state index contributed by atoms with van der Waals surface area (Å²) in [6.45, 7) is 4.02. The molecule has 15 heavy (non-hydrogen) atoms. The Hall–Kier alpha value is -0.940. The SMILES string of the molecule is CCCC(=O)Nc1nc(C(C)NC)cs1. The van der Waals surface area contributed by atoms with Gasteiger partial charge in [-0.25, -0.2) is 4.98 Å². The van der Waals surface area contributed by atoms with Crippen molar-refractivity contribution < 1.29 is 4.79 Å². The number of hydrogen-bond acceptors (Lipinski definition) is 4. The maximum Gasteiger partial charge on any atom is 0.226 e. The van der Waals surface area contributed by atoms with Gasteiger partial charge in [0.1, 0.15) is 0 Å². The third kappa shape index (κ3) is 3.60. The van der Waals surface area contributed by atoms with Crippen molar-refractivity contribution in [3.63, 3.8) is 0 Å². The van der Waals surface area contributed by atoms with Crippen LogP contribution >= 0.6 is 11.3 Å². The van der Waals surface area contributed by atoms with E-state index in [0.29, 0.717) is 11.6 Å². The summed E-state index contributed by atoms with van der Waals surface area (Å²) in [5.41, 5.74) is 0.967. The number of rotatable bonds is 5. The van der Waals surface area contributed by atoms with Crippen LogP contribution in [0.5, 0.6) is 0 Å². The lowest BCUT2D eigenvalue weighted by Crippen LogP contribution is -2.13. The van der Waals surface area contributed by atoms with Gasteiger partial charge in [-0.3, -0.25) is 4.79 Å². The lowest BCUT2D eigenvalue weighted by molar-refractivity contribution is -0.116. The average Bonchev–Trinajstić information content (AvgIpc) is 2.65. The third-order valence-corrected chi connectivity index (χ3v) is 2.90. The highest BCUT2D eigenvalue weighted by atomic mass is 32.1. The van der Waals surface area contributed by atoms with Crippen LogP contribution in [0.25, 0.3) is 0 Å². The van der Waals surface area contributed by atoms with Crippen LogP contribution in [0.4, 0.5) is 5.13 Å². The second-order valence-corrected chi connectivity index (χ2v) is 4.24. The van der Waals surface area contributed by atoms with Crippen LogP contribution in [0.3, 0.4) is 0 Å². The number of carbonyl (C=O) groups excluding carboxylic acids is 1. The molecule has 0 aliphatic heterocycles. The van der Waals surface area contributed by atoms with E-state index in [-0.39, 0.29) is 11.9 Å². The van der Waals surface area contributed by atoms with E-state index >= 15 is 0 Å². The molecule has 1 heterocycles. The first-order valence-corrected chi connectivity index (χ1v) is 5.97. The minimum absolute atomic E-state index is 0.0375. The molecule has 5 heteroatoms. The summed E-state index contributed by atoms with van der Waals surface area (Å²) in [5.74, 6) is 0.0375. The Morgan fingerprint density at radius 3 is 3.00 bits per heavy atom. The zero-order chi connectivity index (χ0) is 11.3. The molecular formula is C10H17N3OS. The third-order valence-electron chi connectivity index (χ3n) is 2.12. The summed E-state index contributed by atoms with van der Waals surface area (Å²) in [5, 5.41) is 8.53. The van der Waals surface area contributed by atoms with Crippen LogP contribution in [0, 0.1) is 0 Å². The molecule has 0 saturated heterocycles. The minimum Gasteiger partial charge on any atom is -0.312 e. The predicted octanol–water partition coefficient (Wildman–Crippen LogP) is 2.16. The fourth-order valence-corrected chi connectivity index (χ4v) is 1.92. The molecule has 1 aromatic rings. The van der Waals surface area contributed by atoms with Crippen LogP contribution in [0.15, 0.2) is 5.38 Å². The van der Waals surface area contributed by atoms with Gasteiger partial charge in [-0.1, -0.05) is 6.92 Å². The molecule has 84 valence electrons. The molecule has 0 fully saturated rings. The van der Waals surface area contributed by atoms with Crippen molar-refractivity contribution >= 4 is 22.4 Å². The summed E-state index contributed by atoms with van der Waals surface area (Å²) in [6, 6.07) is 0.220. The molecule has 0 saturated carbocycles. The zero-order valence-corrected chi connectivity index (χ0v) is 10.1. The number of aromatic nitrogens is 1. The van der Waals surface area contributed by atoms with Crippen molar-refractivity contribution in [2.75, 3.05) is 12.4 Å². The maximum atomic E-state index is 11.3. The molecule has 0 aliphatic carbocycles. The number of anilines is 1. The van der Waals surface area contributed by atoms with Crippen LogP contribution in [0.1, 0.15) is 38.4 Å². The number of amides is 1. The van der Waals surface area contributed by atoms with Gasteiger partial charge in [-0.2, -0.15) is 0 Å². The summed E-state index contributed by atoms with van der Waals surface area (Å²) >= 11 is 1.46. The van der Waals surface area contributed by atoms with Crippen molar-refractivity contribution in [3.05, 3.63) is 11.1 Å². The molecule has 0 aromatic carbocycles. The first-order chi connectivity index (χ1) is 7.17. The molecule has 1 amide bonds. The quantitative estimate of drug-likeness (QED) is 0.810. The molecule has 1 unspecified atom stereocenters. The molecule has 2 N–H and O–H groups in total. The van der Waals surface area contributed by atoms with Gasteiger partial charge in [0.15, 0.2) is 5.13 Å². The molecular weight excluding hydrogens is 210 g/mol. The van der Waals surface area contributed by atoms with E-state index in [9.17, 15) is 4.79 Å². The van der Waals surface area contributed by atoms with Crippen LogP contribution < -0.4 is 10.6 Å². The molecule has 1 rings (SSSR count). The van der Waals surface area contributed by atoms with Gasteiger partial charge in [0.25, 0.3) is 0 Å². The fourth-order valence-electron chi connectivity index (χ4n) is 1.10. The van der Waals surface area contributed by atoms with Crippen LogP contribution in [0.2, 0.25) is 0 Å². The Kier molecular flexibility index (Phi) is 4.71. The molecule has 0 bridgehead atoms. The van der Waals surface area contributed by atoms with Gasteiger partial charge < -0.3 is 10.6 Å². The van der Waals surface area contributed by atoms with Crippen molar-refractivity contribution in [3.8, 4) is 0 Å². The number of thiazole rings is 1. The Labute approximate surface area is 94.1 Å². The van der Waals surface area contributed by atoms with E-state index < -0.39 is 0 Å². The minimum atomic E-state index is 0.0375. The summed E-state index contributed by atoms with van der Waals surface area (Å²) in [4.78, 5) is 15.6. The van der Waals surface area contributed by atoms with Crippen molar-refractivity contribution in [2.24, 2.45) is 0 Å². The summed E-state index contributed by atoms with van der Waals surface area (Å²) in [6.07, 6.45) is 1.41. The summed E-state index contributed by atoms with van der Waals surface area (Å²) in [7, 11) is 1.89. The van der Waals surface area contributed by atoms with E-state index in [1.807, 2.05) is 26.3 Å². The van der Waals surface area contributed by atoms with Crippen molar-refractivity contribution in [1.82, 2.24) is 10.3 Å². The lowest BCUT2D eigenvalue weighted by atomic mass is 10.3. The molecule has 1 atom stereocenters. The highest BCUT2D eigenvalue weighted by Crippen LogP contribution is 2.20. The van der Waals surface area contributed by atoms with Crippen molar-refractivity contribution in [2.45, 2.75) is 32.7 Å². The Balaban J connectivity index is 2.56. The smallest absolute Gasteiger partial charge is 0.226 e. The Bertz CT molecular complexity index is 324. The van der Waals surface area contributed by atoms with Crippen LogP contribution in [-0.4, -0.2) is 17.9 Å². The van der Waals surface area contributed by atoms with Crippen molar-refractivity contribution in [1.29, 1.82) is 0 Å². The monoisotopic (exact) mass is 227 g/mol. The second-order valence-electron chi connectivity index (χ2n) is 3.39. The first-order valence-electron chi connectivity index (χ1n) is 5.10. The highest BCUT2D eigenvalue weighted by molar-refractivity contribution is 7.13. The topological polar surface area (TPSA) is 54.0 Å². The van der Waals surface area contributed by atoms with E-state index in [4.69, 9.17) is 0 Å². The molecule has 4 nitrogen and oxygen atoms in total. The number of hydrogen-bond donors (Lipinski definition) is 2. The van der Waals surface area contributed by atoms with Gasteiger partial charge >= 0.3 is 0 Å². The Morgan fingerprint density at radius 1 is 1.67 bits per heavy atom. The van der Waals surface area contributed by atoms with E-state index in [1.54, 1.807) is 0 Å². The molecule has 0 radical (unpaired) electrons. The average molecular weight is 227 g/mol. The van der Waals surface area contributed by atoms with Crippen LogP contribution in [-0.2, 0) is 4.79 Å². The molecule has 0 spiro atoms. The predicted molar refractivity (Wildman–Crippen MR) is 63.1 cm³/mol. The molecule has 0 aliphatic rings. The van der Waals surface area contributed by atoms with E-state index in [1.165, 1.54) is 11.3 Å². The highest BCUT2D eigenvalue weighted by Gasteiger charge is 2.09. The largest absolute Gasteiger partial charge is 0.312 e. The first kappa shape index (κ1) is 12.1. The maximum absolute atomic E-state index is 11.3. The number of nitrogens with one attached hydrogen (secondary N) is 2. The normalized spacial score (nSPS) is 12.5. The van der Waals surface area contributed by atoms with Gasteiger partial charge in [0, 0.05) is 17.8 Å². The molecule has 1 aromatic heterocycles. The Morgan fingerprint density at radius 2 is 2.40 bits per heavy atom.